The van der Waals surface area contributed by atoms with Crippen LogP contribution in [0.1, 0.15) is 33.6 Å². The van der Waals surface area contributed by atoms with E-state index in [1.54, 1.807) is 4.90 Å². The molecule has 0 saturated carbocycles. The Morgan fingerprint density at radius 1 is 1.11 bits per heavy atom. The van der Waals surface area contributed by atoms with Crippen molar-refractivity contribution in [1.82, 2.24) is 15.8 Å². The molecule has 0 unspecified atom stereocenters. The number of rotatable bonds is 4. The van der Waals surface area contributed by atoms with Crippen LogP contribution >= 0.6 is 0 Å². The summed E-state index contributed by atoms with van der Waals surface area (Å²) in [6, 6.07) is 5.28. The maximum absolute atomic E-state index is 12.8. The third-order valence-corrected chi connectivity index (χ3v) is 4.30. The molecule has 1 aliphatic rings. The highest BCUT2D eigenvalue weighted by atomic mass is 19.1. The summed E-state index contributed by atoms with van der Waals surface area (Å²) in [6.07, 6.45) is 1.10. The Balaban J connectivity index is 1.69. The number of hydrogen-bond acceptors (Lipinski definition) is 4. The molecular formula is C19H26FN3O4. The molecular weight excluding hydrogens is 353 g/mol. The van der Waals surface area contributed by atoms with Gasteiger partial charge in [0.15, 0.2) is 6.61 Å². The number of nitrogens with one attached hydrogen (secondary N) is 2. The van der Waals surface area contributed by atoms with Gasteiger partial charge in [-0.2, -0.15) is 0 Å². The minimum atomic E-state index is -0.520. The highest BCUT2D eigenvalue weighted by Crippen LogP contribution is 2.23. The molecule has 27 heavy (non-hydrogen) atoms. The SMILES string of the molecule is CC(C)(C)C(=O)N1CCC(C(=O)NNC(=O)COc2ccc(F)cc2)CC1. The third kappa shape index (κ3) is 6.23. The quantitative estimate of drug-likeness (QED) is 0.779. The molecule has 0 bridgehead atoms. The van der Waals surface area contributed by atoms with E-state index in [9.17, 15) is 18.8 Å². The molecule has 1 aromatic carbocycles. The second-order valence-electron chi connectivity index (χ2n) is 7.60. The Morgan fingerprint density at radius 2 is 1.70 bits per heavy atom. The van der Waals surface area contributed by atoms with E-state index in [1.165, 1.54) is 24.3 Å². The summed E-state index contributed by atoms with van der Waals surface area (Å²) in [7, 11) is 0. The summed E-state index contributed by atoms with van der Waals surface area (Å²) in [4.78, 5) is 37.9. The summed E-state index contributed by atoms with van der Waals surface area (Å²) >= 11 is 0. The second-order valence-corrected chi connectivity index (χ2v) is 7.60. The van der Waals surface area contributed by atoms with Gasteiger partial charge in [-0.3, -0.25) is 25.2 Å². The number of amides is 3. The molecule has 148 valence electrons. The van der Waals surface area contributed by atoms with E-state index in [-0.39, 0.29) is 24.3 Å². The molecule has 1 fully saturated rings. The summed E-state index contributed by atoms with van der Waals surface area (Å²) in [5, 5.41) is 0. The lowest BCUT2D eigenvalue weighted by molar-refractivity contribution is -0.142. The van der Waals surface area contributed by atoms with Crippen molar-refractivity contribution >= 4 is 17.7 Å². The van der Waals surface area contributed by atoms with Crippen molar-refractivity contribution in [1.29, 1.82) is 0 Å². The highest BCUT2D eigenvalue weighted by molar-refractivity contribution is 5.85. The maximum atomic E-state index is 12.8. The van der Waals surface area contributed by atoms with Crippen LogP contribution < -0.4 is 15.6 Å². The van der Waals surface area contributed by atoms with E-state index >= 15 is 0 Å². The molecule has 3 amide bonds. The van der Waals surface area contributed by atoms with E-state index in [2.05, 4.69) is 10.9 Å². The standard InChI is InChI=1S/C19H26FN3O4/c1-19(2,3)18(26)23-10-8-13(9-11-23)17(25)22-21-16(24)12-27-15-6-4-14(20)5-7-15/h4-7,13H,8-12H2,1-3H3,(H,21,24)(H,22,25). The average Bonchev–Trinajstić information content (AvgIpc) is 2.64. The molecule has 0 radical (unpaired) electrons. The van der Waals surface area contributed by atoms with Crippen LogP contribution in [0.4, 0.5) is 4.39 Å². The number of ether oxygens (including phenoxy) is 1. The topological polar surface area (TPSA) is 87.7 Å². The van der Waals surface area contributed by atoms with E-state index < -0.39 is 17.1 Å². The van der Waals surface area contributed by atoms with Crippen LogP contribution in [0.25, 0.3) is 0 Å². The van der Waals surface area contributed by atoms with E-state index in [0.717, 1.165) is 0 Å². The normalized spacial score (nSPS) is 15.2. The van der Waals surface area contributed by atoms with Gasteiger partial charge in [0, 0.05) is 24.4 Å². The van der Waals surface area contributed by atoms with Crippen molar-refractivity contribution in [2.24, 2.45) is 11.3 Å². The van der Waals surface area contributed by atoms with Gasteiger partial charge < -0.3 is 9.64 Å². The molecule has 8 heteroatoms. The van der Waals surface area contributed by atoms with Crippen LogP contribution in [0, 0.1) is 17.2 Å². The van der Waals surface area contributed by atoms with E-state index in [0.29, 0.717) is 31.7 Å². The van der Waals surface area contributed by atoms with Gasteiger partial charge in [0.2, 0.25) is 11.8 Å². The van der Waals surface area contributed by atoms with Gasteiger partial charge in [0.05, 0.1) is 0 Å². The van der Waals surface area contributed by atoms with Crippen molar-refractivity contribution in [3.05, 3.63) is 30.1 Å². The first-order valence-electron chi connectivity index (χ1n) is 8.93. The fourth-order valence-electron chi connectivity index (χ4n) is 2.77. The molecule has 0 aliphatic carbocycles. The number of carbonyl (C=O) groups is 3. The Hall–Kier alpha value is -2.64. The zero-order valence-corrected chi connectivity index (χ0v) is 15.9. The monoisotopic (exact) mass is 379 g/mol. The first-order valence-corrected chi connectivity index (χ1v) is 8.93. The Kier molecular flexibility index (Phi) is 6.76. The maximum Gasteiger partial charge on any atom is 0.276 e. The predicted molar refractivity (Wildman–Crippen MR) is 96.9 cm³/mol. The number of benzene rings is 1. The van der Waals surface area contributed by atoms with Crippen LogP contribution in [0.3, 0.4) is 0 Å². The number of hydrogen-bond donors (Lipinski definition) is 2. The minimum absolute atomic E-state index is 0.0765. The van der Waals surface area contributed by atoms with Crippen molar-refractivity contribution in [3.8, 4) is 5.75 Å². The fraction of sp³-hybridized carbons (Fsp3) is 0.526. The lowest BCUT2D eigenvalue weighted by atomic mass is 9.91. The van der Waals surface area contributed by atoms with Gasteiger partial charge in [-0.05, 0) is 37.1 Å². The van der Waals surface area contributed by atoms with Gasteiger partial charge in [-0.1, -0.05) is 20.8 Å². The second kappa shape index (κ2) is 8.83. The van der Waals surface area contributed by atoms with Crippen molar-refractivity contribution in [2.75, 3.05) is 19.7 Å². The Bertz CT molecular complexity index is 677. The number of hydrazine groups is 1. The number of carbonyl (C=O) groups excluding carboxylic acids is 3. The molecule has 1 saturated heterocycles. The minimum Gasteiger partial charge on any atom is -0.484 e. The zero-order chi connectivity index (χ0) is 20.0. The van der Waals surface area contributed by atoms with Gasteiger partial charge in [-0.25, -0.2) is 4.39 Å². The van der Waals surface area contributed by atoms with Crippen molar-refractivity contribution in [2.45, 2.75) is 33.6 Å². The van der Waals surface area contributed by atoms with E-state index in [4.69, 9.17) is 4.74 Å². The number of likely N-dealkylation sites (tertiary alicyclic amines) is 1. The number of piperidine rings is 1. The molecule has 1 aliphatic heterocycles. The predicted octanol–water partition coefficient (Wildman–Crippen LogP) is 1.64. The number of halogens is 1. The summed E-state index contributed by atoms with van der Waals surface area (Å²) in [5.74, 6) is -1.02. The lowest BCUT2D eigenvalue weighted by Gasteiger charge is -2.35. The summed E-state index contributed by atoms with van der Waals surface area (Å²) in [5.41, 5.74) is 4.25. The van der Waals surface area contributed by atoms with E-state index in [1.807, 2.05) is 20.8 Å². The fourth-order valence-corrected chi connectivity index (χ4v) is 2.77. The van der Waals surface area contributed by atoms with Gasteiger partial charge in [0.1, 0.15) is 11.6 Å². The molecule has 2 rings (SSSR count). The average molecular weight is 379 g/mol. The van der Waals surface area contributed by atoms with Crippen LogP contribution in [-0.2, 0) is 14.4 Å². The molecule has 1 aromatic rings. The largest absolute Gasteiger partial charge is 0.484 e. The van der Waals surface area contributed by atoms with Gasteiger partial charge >= 0.3 is 0 Å². The Morgan fingerprint density at radius 3 is 2.26 bits per heavy atom. The molecule has 0 atom stereocenters. The lowest BCUT2D eigenvalue weighted by Crippen LogP contribution is -2.50. The van der Waals surface area contributed by atoms with Crippen LogP contribution in [0.15, 0.2) is 24.3 Å². The molecule has 7 nitrogen and oxygen atoms in total. The molecule has 0 aromatic heterocycles. The van der Waals surface area contributed by atoms with Crippen molar-refractivity contribution < 1.29 is 23.5 Å². The summed E-state index contributed by atoms with van der Waals surface area (Å²) in [6.45, 7) is 6.36. The first-order chi connectivity index (χ1) is 12.7. The van der Waals surface area contributed by atoms with Gasteiger partial charge in [-0.15, -0.1) is 0 Å². The van der Waals surface area contributed by atoms with Crippen molar-refractivity contribution in [3.63, 3.8) is 0 Å². The first kappa shape index (κ1) is 20.7. The molecule has 1 heterocycles. The van der Waals surface area contributed by atoms with Gasteiger partial charge in [0.25, 0.3) is 5.91 Å². The van der Waals surface area contributed by atoms with Crippen LogP contribution in [0.5, 0.6) is 5.75 Å². The van der Waals surface area contributed by atoms with Crippen LogP contribution in [0.2, 0.25) is 0 Å². The smallest absolute Gasteiger partial charge is 0.276 e. The summed E-state index contributed by atoms with van der Waals surface area (Å²) < 4.78 is 18.0. The Labute approximate surface area is 158 Å². The highest BCUT2D eigenvalue weighted by Gasteiger charge is 2.32. The third-order valence-electron chi connectivity index (χ3n) is 4.30. The van der Waals surface area contributed by atoms with Crippen LogP contribution in [-0.4, -0.2) is 42.3 Å². The zero-order valence-electron chi connectivity index (χ0n) is 15.9. The number of nitrogens with zero attached hydrogens (tertiary/aromatic N) is 1. The molecule has 2 N–H and O–H groups in total. The molecule has 0 spiro atoms.